The summed E-state index contributed by atoms with van der Waals surface area (Å²) in [5, 5.41) is 0. The fourth-order valence-electron chi connectivity index (χ4n) is 3.01. The lowest BCUT2D eigenvalue weighted by Crippen LogP contribution is -2.49. The van der Waals surface area contributed by atoms with Crippen molar-refractivity contribution >= 4 is 0 Å². The highest BCUT2D eigenvalue weighted by Gasteiger charge is 2.35. The van der Waals surface area contributed by atoms with Crippen molar-refractivity contribution in [2.24, 2.45) is 23.0 Å². The highest BCUT2D eigenvalue weighted by molar-refractivity contribution is 4.90. The van der Waals surface area contributed by atoms with Crippen LogP contribution < -0.4 is 5.73 Å². The Hall–Kier alpha value is -0.0800. The molecule has 2 nitrogen and oxygen atoms in total. The largest absolute Gasteiger partial charge is 0.379 e. The fourth-order valence-corrected chi connectivity index (χ4v) is 3.01. The zero-order chi connectivity index (χ0) is 12.3. The van der Waals surface area contributed by atoms with E-state index in [9.17, 15) is 0 Å². The van der Waals surface area contributed by atoms with Crippen molar-refractivity contribution in [1.29, 1.82) is 0 Å². The van der Waals surface area contributed by atoms with Crippen molar-refractivity contribution < 1.29 is 4.74 Å². The maximum absolute atomic E-state index is 6.41. The van der Waals surface area contributed by atoms with Crippen LogP contribution in [0.5, 0.6) is 0 Å². The van der Waals surface area contributed by atoms with Gasteiger partial charge in [-0.1, -0.05) is 40.5 Å². The molecule has 0 heterocycles. The molecule has 1 saturated carbocycles. The molecule has 2 heteroatoms. The third-order valence-electron chi connectivity index (χ3n) is 4.06. The Labute approximate surface area is 101 Å². The third-order valence-corrected chi connectivity index (χ3v) is 4.06. The van der Waals surface area contributed by atoms with Gasteiger partial charge in [0.05, 0.1) is 6.10 Å². The van der Waals surface area contributed by atoms with Gasteiger partial charge >= 0.3 is 0 Å². The molecule has 96 valence electrons. The molecule has 0 spiro atoms. The van der Waals surface area contributed by atoms with Crippen molar-refractivity contribution in [3.05, 3.63) is 0 Å². The molecule has 0 aromatic carbocycles. The molecule has 16 heavy (non-hydrogen) atoms. The van der Waals surface area contributed by atoms with E-state index in [4.69, 9.17) is 10.5 Å². The lowest BCUT2D eigenvalue weighted by Gasteiger charge is -2.40. The molecule has 2 N–H and O–H groups in total. The molecule has 2 atom stereocenters. The van der Waals surface area contributed by atoms with Gasteiger partial charge < -0.3 is 10.5 Å². The first-order valence-electron chi connectivity index (χ1n) is 6.64. The Balaban J connectivity index is 2.58. The van der Waals surface area contributed by atoms with Gasteiger partial charge in [0, 0.05) is 13.2 Å². The summed E-state index contributed by atoms with van der Waals surface area (Å²) in [4.78, 5) is 0. The molecule has 1 aliphatic rings. The van der Waals surface area contributed by atoms with Gasteiger partial charge in [-0.2, -0.15) is 0 Å². The first-order chi connectivity index (χ1) is 7.36. The molecule has 0 amide bonds. The maximum Gasteiger partial charge on any atom is 0.0772 e. The van der Waals surface area contributed by atoms with Crippen LogP contribution in [0.3, 0.4) is 0 Å². The molecule has 0 aliphatic heterocycles. The van der Waals surface area contributed by atoms with E-state index in [0.29, 0.717) is 5.92 Å². The van der Waals surface area contributed by atoms with Gasteiger partial charge in [-0.3, -0.25) is 0 Å². The third kappa shape index (κ3) is 3.46. The van der Waals surface area contributed by atoms with Crippen LogP contribution in [0.4, 0.5) is 0 Å². The van der Waals surface area contributed by atoms with Crippen molar-refractivity contribution in [1.82, 2.24) is 0 Å². The summed E-state index contributed by atoms with van der Waals surface area (Å²) in [7, 11) is 1.79. The first-order valence-corrected chi connectivity index (χ1v) is 6.64. The number of hydrogen-bond donors (Lipinski definition) is 1. The second-order valence-corrected chi connectivity index (χ2v) is 6.62. The Bertz CT molecular complexity index is 201. The quantitative estimate of drug-likeness (QED) is 0.803. The lowest BCUT2D eigenvalue weighted by atomic mass is 9.73. The van der Waals surface area contributed by atoms with E-state index in [-0.39, 0.29) is 17.6 Å². The van der Waals surface area contributed by atoms with Gasteiger partial charge in [-0.05, 0) is 30.1 Å². The van der Waals surface area contributed by atoms with Crippen LogP contribution in [0.15, 0.2) is 0 Å². The first kappa shape index (κ1) is 14.0. The van der Waals surface area contributed by atoms with E-state index < -0.39 is 0 Å². The van der Waals surface area contributed by atoms with E-state index in [2.05, 4.69) is 27.7 Å². The number of hydrogen-bond acceptors (Lipinski definition) is 2. The normalized spacial score (nSPS) is 31.1. The van der Waals surface area contributed by atoms with Crippen LogP contribution in [0.2, 0.25) is 0 Å². The summed E-state index contributed by atoms with van der Waals surface area (Å²) in [5.41, 5.74) is 6.55. The zero-order valence-corrected chi connectivity index (χ0v) is 11.6. The number of nitrogens with two attached hydrogens (primary N) is 1. The van der Waals surface area contributed by atoms with Crippen LogP contribution >= 0.6 is 0 Å². The van der Waals surface area contributed by atoms with Crippen LogP contribution in [0, 0.1) is 17.3 Å². The van der Waals surface area contributed by atoms with Crippen molar-refractivity contribution in [2.45, 2.75) is 65.5 Å². The average molecular weight is 227 g/mol. The second-order valence-electron chi connectivity index (χ2n) is 6.62. The minimum atomic E-state index is 0.136. The summed E-state index contributed by atoms with van der Waals surface area (Å²) in [6.07, 6.45) is 5.39. The minimum absolute atomic E-state index is 0.136. The van der Waals surface area contributed by atoms with Gasteiger partial charge in [0.1, 0.15) is 0 Å². The summed E-state index contributed by atoms with van der Waals surface area (Å²) < 4.78 is 5.63. The van der Waals surface area contributed by atoms with E-state index in [1.165, 1.54) is 25.7 Å². The molecular formula is C14H29NO. The van der Waals surface area contributed by atoms with E-state index in [1.54, 1.807) is 7.11 Å². The van der Waals surface area contributed by atoms with Gasteiger partial charge in [0.25, 0.3) is 0 Å². The van der Waals surface area contributed by atoms with Crippen LogP contribution in [0.1, 0.15) is 53.4 Å². The van der Waals surface area contributed by atoms with Gasteiger partial charge in [-0.15, -0.1) is 0 Å². The van der Waals surface area contributed by atoms with E-state index in [1.807, 2.05) is 0 Å². The van der Waals surface area contributed by atoms with Gasteiger partial charge in [-0.25, -0.2) is 0 Å². The van der Waals surface area contributed by atoms with Gasteiger partial charge in [0.15, 0.2) is 0 Å². The summed E-state index contributed by atoms with van der Waals surface area (Å²) >= 11 is 0. The Morgan fingerprint density at radius 2 is 1.62 bits per heavy atom. The molecule has 1 rings (SSSR count). The standard InChI is InChI=1S/C14H29NO/c1-10-6-8-11(9-7-10)12(15)13(16-5)14(2,3)4/h10-13H,6-9,15H2,1-5H3. The second kappa shape index (κ2) is 5.50. The van der Waals surface area contributed by atoms with Crippen molar-refractivity contribution in [3.8, 4) is 0 Å². The van der Waals surface area contributed by atoms with Crippen molar-refractivity contribution in [2.75, 3.05) is 7.11 Å². The summed E-state index contributed by atoms with van der Waals surface area (Å²) in [6.45, 7) is 8.99. The molecule has 1 fully saturated rings. The molecule has 0 aromatic heterocycles. The topological polar surface area (TPSA) is 35.2 Å². The highest BCUT2D eigenvalue weighted by Crippen LogP contribution is 2.35. The maximum atomic E-state index is 6.41. The molecule has 2 unspecified atom stereocenters. The molecule has 0 radical (unpaired) electrons. The lowest BCUT2D eigenvalue weighted by molar-refractivity contribution is -0.0213. The molecule has 0 bridgehead atoms. The predicted octanol–water partition coefficient (Wildman–Crippen LogP) is 3.20. The van der Waals surface area contributed by atoms with E-state index >= 15 is 0 Å². The smallest absolute Gasteiger partial charge is 0.0772 e. The molecule has 0 saturated heterocycles. The minimum Gasteiger partial charge on any atom is -0.379 e. The molecule has 1 aliphatic carbocycles. The zero-order valence-electron chi connectivity index (χ0n) is 11.6. The number of rotatable bonds is 3. The van der Waals surface area contributed by atoms with Crippen LogP contribution in [0.25, 0.3) is 0 Å². The van der Waals surface area contributed by atoms with Crippen LogP contribution in [-0.2, 0) is 4.74 Å². The number of ether oxygens (including phenoxy) is 1. The molecule has 0 aromatic rings. The van der Waals surface area contributed by atoms with Crippen LogP contribution in [-0.4, -0.2) is 19.3 Å². The summed E-state index contributed by atoms with van der Waals surface area (Å²) in [5.74, 6) is 1.54. The predicted molar refractivity (Wildman–Crippen MR) is 69.3 cm³/mol. The average Bonchev–Trinajstić information content (AvgIpc) is 2.17. The summed E-state index contributed by atoms with van der Waals surface area (Å²) in [6, 6.07) is 0.192. The van der Waals surface area contributed by atoms with Crippen molar-refractivity contribution in [3.63, 3.8) is 0 Å². The van der Waals surface area contributed by atoms with E-state index in [0.717, 1.165) is 5.92 Å². The fraction of sp³-hybridized carbons (Fsp3) is 1.00. The Morgan fingerprint density at radius 1 is 1.12 bits per heavy atom. The monoisotopic (exact) mass is 227 g/mol. The SMILES string of the molecule is COC(C(N)C1CCC(C)CC1)C(C)(C)C. The number of methoxy groups -OCH3 is 1. The highest BCUT2D eigenvalue weighted by atomic mass is 16.5. The Morgan fingerprint density at radius 3 is 2.00 bits per heavy atom. The van der Waals surface area contributed by atoms with Gasteiger partial charge in [0.2, 0.25) is 0 Å². The molecular weight excluding hydrogens is 198 g/mol. The Kier molecular flexibility index (Phi) is 4.81.